The molecule has 2 rings (SSSR count). The number of benzene rings is 2. The van der Waals surface area contributed by atoms with Gasteiger partial charge in [0.25, 0.3) is 5.91 Å². The van der Waals surface area contributed by atoms with Gasteiger partial charge in [-0.3, -0.25) is 9.59 Å². The van der Waals surface area contributed by atoms with E-state index < -0.39 is 38.4 Å². The second-order valence-electron chi connectivity index (χ2n) is 6.51. The Labute approximate surface area is 179 Å². The third kappa shape index (κ3) is 6.69. The van der Waals surface area contributed by atoms with Gasteiger partial charge in [-0.25, -0.2) is 21.9 Å². The Bertz CT molecular complexity index is 1060. The molecule has 0 saturated heterocycles. The van der Waals surface area contributed by atoms with Crippen LogP contribution in [0.1, 0.15) is 22.8 Å². The molecule has 0 aliphatic heterocycles. The number of likely N-dealkylation sites (N-methyl/N-ethyl adjacent to an activating group) is 1. The summed E-state index contributed by atoms with van der Waals surface area (Å²) in [5, 5.41) is 2.63. The van der Waals surface area contributed by atoms with Gasteiger partial charge in [0.05, 0.1) is 6.54 Å². The Balaban J connectivity index is 2.10. The van der Waals surface area contributed by atoms with Crippen molar-refractivity contribution in [1.82, 2.24) is 14.9 Å². The van der Waals surface area contributed by atoms with Crippen molar-refractivity contribution in [3.05, 3.63) is 77.9 Å². The highest BCUT2D eigenvalue weighted by Gasteiger charge is 2.23. The summed E-state index contributed by atoms with van der Waals surface area (Å²) in [5.74, 6) is -2.48. The van der Waals surface area contributed by atoms with Crippen molar-refractivity contribution in [2.24, 2.45) is 0 Å². The van der Waals surface area contributed by atoms with Crippen molar-refractivity contribution in [2.45, 2.75) is 18.4 Å². The molecule has 0 spiro atoms. The second kappa shape index (κ2) is 10.8. The molecule has 0 aliphatic carbocycles. The highest BCUT2D eigenvalue weighted by Crippen LogP contribution is 2.18. The Morgan fingerprint density at radius 2 is 1.81 bits per heavy atom. The van der Waals surface area contributed by atoms with E-state index in [1.54, 1.807) is 6.92 Å². The van der Waals surface area contributed by atoms with E-state index in [2.05, 4.69) is 16.6 Å². The predicted molar refractivity (Wildman–Crippen MR) is 112 cm³/mol. The maximum absolute atomic E-state index is 14.1. The number of carbonyl (C=O) groups is 2. The first kappa shape index (κ1) is 24.2. The largest absolute Gasteiger partial charge is 0.350 e. The van der Waals surface area contributed by atoms with Gasteiger partial charge in [-0.05, 0) is 42.8 Å². The molecule has 0 aliphatic rings. The predicted octanol–water partition coefficient (Wildman–Crippen LogP) is 2.21. The molecule has 0 saturated carbocycles. The topological polar surface area (TPSA) is 95.6 Å². The average Bonchev–Trinajstić information content (AvgIpc) is 2.75. The highest BCUT2D eigenvalue weighted by molar-refractivity contribution is 7.89. The van der Waals surface area contributed by atoms with Gasteiger partial charge < -0.3 is 10.2 Å². The summed E-state index contributed by atoms with van der Waals surface area (Å²) in [7, 11) is -4.18. The van der Waals surface area contributed by atoms with Crippen molar-refractivity contribution < 1.29 is 26.8 Å². The van der Waals surface area contributed by atoms with E-state index in [0.29, 0.717) is 5.56 Å². The molecule has 166 valence electrons. The number of carbonyl (C=O) groups excluding carboxylic acids is 2. The molecule has 0 bridgehead atoms. The summed E-state index contributed by atoms with van der Waals surface area (Å²) < 4.78 is 53.6. The summed E-state index contributed by atoms with van der Waals surface area (Å²) >= 11 is 0. The minimum absolute atomic E-state index is 0.0754. The third-order valence-electron chi connectivity index (χ3n) is 4.29. The molecule has 2 N–H and O–H groups in total. The summed E-state index contributed by atoms with van der Waals surface area (Å²) in [4.78, 5) is 25.5. The van der Waals surface area contributed by atoms with Gasteiger partial charge in [-0.2, -0.15) is 0 Å². The van der Waals surface area contributed by atoms with E-state index >= 15 is 0 Å². The number of rotatable bonds is 10. The molecule has 10 heteroatoms. The van der Waals surface area contributed by atoms with Crippen LogP contribution in [0.3, 0.4) is 0 Å². The summed E-state index contributed by atoms with van der Waals surface area (Å²) in [6.07, 6.45) is 1.30. The number of hydrogen-bond acceptors (Lipinski definition) is 4. The Hall–Kier alpha value is -3.11. The molecular formula is C21H23F2N3O4S. The Morgan fingerprint density at radius 3 is 2.42 bits per heavy atom. The van der Waals surface area contributed by atoms with Crippen LogP contribution in [0.4, 0.5) is 8.78 Å². The van der Waals surface area contributed by atoms with Gasteiger partial charge in [0.1, 0.15) is 16.5 Å². The zero-order valence-electron chi connectivity index (χ0n) is 16.9. The Morgan fingerprint density at radius 1 is 1.13 bits per heavy atom. The third-order valence-corrected chi connectivity index (χ3v) is 5.73. The molecule has 2 aromatic rings. The van der Waals surface area contributed by atoms with Gasteiger partial charge in [-0.15, -0.1) is 6.58 Å². The first-order valence-electron chi connectivity index (χ1n) is 9.38. The maximum Gasteiger partial charge on any atom is 0.254 e. The molecule has 0 atom stereocenters. The fraction of sp³-hybridized carbons (Fsp3) is 0.238. The van der Waals surface area contributed by atoms with Gasteiger partial charge >= 0.3 is 0 Å². The normalized spacial score (nSPS) is 11.1. The molecule has 0 aromatic heterocycles. The van der Waals surface area contributed by atoms with E-state index in [-0.39, 0.29) is 31.7 Å². The lowest BCUT2D eigenvalue weighted by Crippen LogP contribution is -2.40. The van der Waals surface area contributed by atoms with Crippen LogP contribution >= 0.6 is 0 Å². The van der Waals surface area contributed by atoms with Crippen molar-refractivity contribution in [3.8, 4) is 0 Å². The molecule has 31 heavy (non-hydrogen) atoms. The first-order valence-corrected chi connectivity index (χ1v) is 10.9. The van der Waals surface area contributed by atoms with Crippen LogP contribution in [0.5, 0.6) is 0 Å². The maximum atomic E-state index is 14.1. The second-order valence-corrected chi connectivity index (χ2v) is 8.24. The van der Waals surface area contributed by atoms with Gasteiger partial charge in [0, 0.05) is 25.2 Å². The van der Waals surface area contributed by atoms with E-state index in [0.717, 1.165) is 18.2 Å². The lowest BCUT2D eigenvalue weighted by atomic mass is 10.2. The van der Waals surface area contributed by atoms with E-state index in [1.807, 2.05) is 0 Å². The van der Waals surface area contributed by atoms with Crippen molar-refractivity contribution in [3.63, 3.8) is 0 Å². The van der Waals surface area contributed by atoms with Crippen molar-refractivity contribution in [2.75, 3.05) is 19.6 Å². The SMILES string of the molecule is C=CCNS(=O)(=O)c1cc(C(=O)N(CC)CC(=O)NCc2ccc(F)cc2)ccc1F. The summed E-state index contributed by atoms with van der Waals surface area (Å²) in [6, 6.07) is 8.57. The lowest BCUT2D eigenvalue weighted by Gasteiger charge is -2.21. The lowest BCUT2D eigenvalue weighted by molar-refractivity contribution is -0.121. The quantitative estimate of drug-likeness (QED) is 0.542. The van der Waals surface area contributed by atoms with Gasteiger partial charge in [0.15, 0.2) is 0 Å². The molecule has 7 nitrogen and oxygen atoms in total. The van der Waals surface area contributed by atoms with Crippen LogP contribution in [0.2, 0.25) is 0 Å². The molecule has 0 radical (unpaired) electrons. The Kier molecular flexibility index (Phi) is 8.40. The van der Waals surface area contributed by atoms with Gasteiger partial charge in [0.2, 0.25) is 15.9 Å². The highest BCUT2D eigenvalue weighted by atomic mass is 32.2. The fourth-order valence-corrected chi connectivity index (χ4v) is 3.73. The molecular weight excluding hydrogens is 428 g/mol. The molecule has 0 heterocycles. The molecule has 2 amide bonds. The van der Waals surface area contributed by atoms with Crippen molar-refractivity contribution >= 4 is 21.8 Å². The number of nitrogens with zero attached hydrogens (tertiary/aromatic N) is 1. The summed E-state index contributed by atoms with van der Waals surface area (Å²) in [6.45, 7) is 4.97. The van der Waals surface area contributed by atoms with Gasteiger partial charge in [-0.1, -0.05) is 18.2 Å². The van der Waals surface area contributed by atoms with Crippen LogP contribution in [0, 0.1) is 11.6 Å². The fourth-order valence-electron chi connectivity index (χ4n) is 2.63. The number of halogens is 2. The van der Waals surface area contributed by atoms with E-state index in [9.17, 15) is 26.8 Å². The number of amides is 2. The van der Waals surface area contributed by atoms with Crippen LogP contribution in [-0.2, 0) is 21.4 Å². The van der Waals surface area contributed by atoms with E-state index in [4.69, 9.17) is 0 Å². The standard InChI is InChI=1S/C21H23F2N3O4S/c1-3-11-25-31(29,30)19-12-16(7-10-18(19)23)21(28)26(4-2)14-20(27)24-13-15-5-8-17(22)9-6-15/h3,5-10,12,25H,1,4,11,13-14H2,2H3,(H,24,27). The van der Waals surface area contributed by atoms with Crippen LogP contribution in [-0.4, -0.2) is 44.8 Å². The zero-order valence-corrected chi connectivity index (χ0v) is 17.7. The van der Waals surface area contributed by atoms with E-state index in [1.165, 1.54) is 35.2 Å². The number of nitrogens with one attached hydrogen (secondary N) is 2. The molecule has 0 unspecified atom stereocenters. The number of sulfonamides is 1. The number of hydrogen-bond donors (Lipinski definition) is 2. The summed E-state index contributed by atoms with van der Waals surface area (Å²) in [5.41, 5.74) is 0.609. The van der Waals surface area contributed by atoms with Crippen LogP contribution < -0.4 is 10.0 Å². The zero-order chi connectivity index (χ0) is 23.0. The smallest absolute Gasteiger partial charge is 0.254 e. The molecule has 2 aromatic carbocycles. The molecule has 0 fully saturated rings. The average molecular weight is 451 g/mol. The van der Waals surface area contributed by atoms with Crippen LogP contribution in [0.25, 0.3) is 0 Å². The van der Waals surface area contributed by atoms with Crippen molar-refractivity contribution in [1.29, 1.82) is 0 Å². The first-order chi connectivity index (χ1) is 14.7. The minimum Gasteiger partial charge on any atom is -0.350 e. The monoisotopic (exact) mass is 451 g/mol. The van der Waals surface area contributed by atoms with Crippen LogP contribution in [0.15, 0.2) is 60.0 Å². The minimum atomic E-state index is -4.18.